The van der Waals surface area contributed by atoms with Gasteiger partial charge in [0.05, 0.1) is 22.7 Å². The van der Waals surface area contributed by atoms with E-state index in [0.29, 0.717) is 23.5 Å². The Morgan fingerprint density at radius 3 is 2.14 bits per heavy atom. The molecule has 0 N–H and O–H groups in total. The van der Waals surface area contributed by atoms with Crippen molar-refractivity contribution in [2.45, 2.75) is 68.2 Å². The summed E-state index contributed by atoms with van der Waals surface area (Å²) in [6.07, 6.45) is 4.96. The van der Waals surface area contributed by atoms with E-state index in [-0.39, 0.29) is 5.91 Å². The third-order valence-electron chi connectivity index (χ3n) is 6.37. The highest BCUT2D eigenvalue weighted by atomic mass is 32.2. The quantitative estimate of drug-likeness (QED) is 0.705. The molecule has 2 aliphatic rings. The molecule has 7 heteroatoms. The van der Waals surface area contributed by atoms with Crippen molar-refractivity contribution in [2.24, 2.45) is 0 Å². The smallest absolute Gasteiger partial charge is 0.226 e. The lowest BCUT2D eigenvalue weighted by molar-refractivity contribution is -0.132. The van der Waals surface area contributed by atoms with Gasteiger partial charge in [-0.3, -0.25) is 4.79 Å². The molecule has 0 aromatic heterocycles. The lowest BCUT2D eigenvalue weighted by Crippen LogP contribution is -2.50. The van der Waals surface area contributed by atoms with Gasteiger partial charge in [-0.25, -0.2) is 8.42 Å². The lowest BCUT2D eigenvalue weighted by Gasteiger charge is -2.41. The molecular formula is C22H34N2O4S. The normalized spacial score (nSPS) is 20.3. The maximum absolute atomic E-state index is 12.7. The van der Waals surface area contributed by atoms with E-state index in [1.165, 1.54) is 0 Å². The number of benzene rings is 1. The summed E-state index contributed by atoms with van der Waals surface area (Å²) in [5.74, 6) is 0.126. The van der Waals surface area contributed by atoms with Crippen molar-refractivity contribution in [2.75, 3.05) is 33.3 Å². The Hall–Kier alpha value is -1.44. The maximum atomic E-state index is 12.7. The summed E-state index contributed by atoms with van der Waals surface area (Å²) in [7, 11) is -1.48. The van der Waals surface area contributed by atoms with Crippen molar-refractivity contribution in [1.29, 1.82) is 0 Å². The van der Waals surface area contributed by atoms with Crippen LogP contribution in [0.2, 0.25) is 0 Å². The van der Waals surface area contributed by atoms with Crippen molar-refractivity contribution in [1.82, 2.24) is 9.80 Å². The van der Waals surface area contributed by atoms with E-state index in [2.05, 4.69) is 4.90 Å². The molecule has 6 nitrogen and oxygen atoms in total. The molecule has 2 fully saturated rings. The van der Waals surface area contributed by atoms with Gasteiger partial charge in [-0.05, 0) is 57.2 Å². The number of piperidine rings is 2. The highest BCUT2D eigenvalue weighted by Gasteiger charge is 2.29. The average Bonchev–Trinajstić information content (AvgIpc) is 2.74. The largest absolute Gasteiger partial charge is 0.381 e. The van der Waals surface area contributed by atoms with Gasteiger partial charge in [0.25, 0.3) is 0 Å². The first-order valence-electron chi connectivity index (χ1n) is 10.7. The number of carbonyl (C=O) groups excluding carboxylic acids is 1. The first kappa shape index (κ1) is 22.2. The minimum Gasteiger partial charge on any atom is -0.381 e. The predicted octanol–water partition coefficient (Wildman–Crippen LogP) is 2.51. The monoisotopic (exact) mass is 422 g/mol. The number of rotatable bonds is 6. The fourth-order valence-corrected chi connectivity index (χ4v) is 5.37. The van der Waals surface area contributed by atoms with E-state index >= 15 is 0 Å². The van der Waals surface area contributed by atoms with E-state index in [0.717, 1.165) is 57.4 Å². The molecule has 1 amide bonds. The summed E-state index contributed by atoms with van der Waals surface area (Å²) < 4.78 is 29.9. The van der Waals surface area contributed by atoms with E-state index in [9.17, 15) is 13.2 Å². The molecule has 2 aliphatic heterocycles. The average molecular weight is 423 g/mol. The minimum atomic E-state index is -3.27. The zero-order valence-corrected chi connectivity index (χ0v) is 18.7. The lowest BCUT2D eigenvalue weighted by atomic mass is 9.98. The number of sulfone groups is 1. The summed E-state index contributed by atoms with van der Waals surface area (Å²) >= 11 is 0. The Bertz CT molecular complexity index is 776. The van der Waals surface area contributed by atoms with Gasteiger partial charge in [0.2, 0.25) is 5.91 Å². The number of nitrogens with zero attached hydrogens (tertiary/aromatic N) is 2. The van der Waals surface area contributed by atoms with Crippen molar-refractivity contribution >= 4 is 15.7 Å². The van der Waals surface area contributed by atoms with Crippen LogP contribution in [-0.2, 0) is 25.8 Å². The van der Waals surface area contributed by atoms with Gasteiger partial charge >= 0.3 is 0 Å². The standard InChI is InChI=1S/C22H34N2O4S/c1-17(2)29(26,27)21-6-4-18(5-7-21)16-22(25)24-12-8-19(9-13-24)23-14-10-20(28-3)11-15-23/h4-7,17,19-20H,8-16H2,1-3H3. The summed E-state index contributed by atoms with van der Waals surface area (Å²) in [6, 6.07) is 7.33. The molecule has 162 valence electrons. The van der Waals surface area contributed by atoms with Crippen LogP contribution in [-0.4, -0.2) is 74.8 Å². The highest BCUT2D eigenvalue weighted by Crippen LogP contribution is 2.23. The SMILES string of the molecule is COC1CCN(C2CCN(C(=O)Cc3ccc(S(=O)(=O)C(C)C)cc3)CC2)CC1. The summed E-state index contributed by atoms with van der Waals surface area (Å²) in [5.41, 5.74) is 0.862. The van der Waals surface area contributed by atoms with Gasteiger partial charge in [0, 0.05) is 39.3 Å². The molecule has 0 unspecified atom stereocenters. The molecule has 0 radical (unpaired) electrons. The number of ether oxygens (including phenoxy) is 1. The van der Waals surface area contributed by atoms with Gasteiger partial charge in [-0.1, -0.05) is 12.1 Å². The van der Waals surface area contributed by atoms with Crippen molar-refractivity contribution in [3.63, 3.8) is 0 Å². The second-order valence-electron chi connectivity index (χ2n) is 8.50. The molecule has 0 atom stereocenters. The second-order valence-corrected chi connectivity index (χ2v) is 11.0. The third-order valence-corrected chi connectivity index (χ3v) is 8.54. The number of carbonyl (C=O) groups is 1. The fraction of sp³-hybridized carbons (Fsp3) is 0.682. The van der Waals surface area contributed by atoms with E-state index in [4.69, 9.17) is 4.74 Å². The van der Waals surface area contributed by atoms with Crippen molar-refractivity contribution in [3.8, 4) is 0 Å². The molecular weight excluding hydrogens is 388 g/mol. The first-order valence-corrected chi connectivity index (χ1v) is 12.2. The van der Waals surface area contributed by atoms with Crippen LogP contribution >= 0.6 is 0 Å². The van der Waals surface area contributed by atoms with Crippen LogP contribution in [0, 0.1) is 0 Å². The van der Waals surface area contributed by atoms with E-state index < -0.39 is 15.1 Å². The summed E-state index contributed by atoms with van der Waals surface area (Å²) in [4.78, 5) is 17.5. The summed E-state index contributed by atoms with van der Waals surface area (Å²) in [5, 5.41) is -0.448. The number of likely N-dealkylation sites (tertiary alicyclic amines) is 2. The molecule has 2 saturated heterocycles. The Morgan fingerprint density at radius 1 is 1.03 bits per heavy atom. The predicted molar refractivity (Wildman–Crippen MR) is 114 cm³/mol. The molecule has 3 rings (SSSR count). The van der Waals surface area contributed by atoms with E-state index in [1.807, 2.05) is 4.90 Å². The highest BCUT2D eigenvalue weighted by molar-refractivity contribution is 7.92. The van der Waals surface area contributed by atoms with E-state index in [1.54, 1.807) is 45.2 Å². The van der Waals surface area contributed by atoms with Crippen LogP contribution in [0.15, 0.2) is 29.2 Å². The van der Waals surface area contributed by atoms with Crippen LogP contribution in [0.5, 0.6) is 0 Å². The fourth-order valence-electron chi connectivity index (χ4n) is 4.31. The molecule has 1 aromatic rings. The third kappa shape index (κ3) is 5.38. The van der Waals surface area contributed by atoms with Crippen LogP contribution in [0.25, 0.3) is 0 Å². The van der Waals surface area contributed by atoms with Gasteiger partial charge in [-0.15, -0.1) is 0 Å². The summed E-state index contributed by atoms with van der Waals surface area (Å²) in [6.45, 7) is 7.12. The Labute approximate surface area is 175 Å². The number of methoxy groups -OCH3 is 1. The van der Waals surface area contributed by atoms with Crippen LogP contribution in [0.3, 0.4) is 0 Å². The Kier molecular flexibility index (Phi) is 7.35. The molecule has 0 saturated carbocycles. The number of hydrogen-bond acceptors (Lipinski definition) is 5. The molecule has 2 heterocycles. The van der Waals surface area contributed by atoms with Crippen LogP contribution in [0.4, 0.5) is 0 Å². The molecule has 0 aliphatic carbocycles. The Balaban J connectivity index is 1.49. The second kappa shape index (κ2) is 9.58. The topological polar surface area (TPSA) is 66.9 Å². The number of hydrogen-bond donors (Lipinski definition) is 0. The first-order chi connectivity index (χ1) is 13.8. The molecule has 0 bridgehead atoms. The van der Waals surface area contributed by atoms with Crippen molar-refractivity contribution in [3.05, 3.63) is 29.8 Å². The number of amides is 1. The van der Waals surface area contributed by atoms with Gasteiger partial charge in [0.1, 0.15) is 0 Å². The Morgan fingerprint density at radius 2 is 1.62 bits per heavy atom. The van der Waals surface area contributed by atoms with Crippen molar-refractivity contribution < 1.29 is 17.9 Å². The molecule has 29 heavy (non-hydrogen) atoms. The van der Waals surface area contributed by atoms with Crippen LogP contribution < -0.4 is 0 Å². The zero-order chi connectivity index (χ0) is 21.0. The van der Waals surface area contributed by atoms with Crippen LogP contribution in [0.1, 0.15) is 45.1 Å². The minimum absolute atomic E-state index is 0.126. The van der Waals surface area contributed by atoms with Gasteiger partial charge in [-0.2, -0.15) is 0 Å². The van der Waals surface area contributed by atoms with Gasteiger partial charge < -0.3 is 14.5 Å². The zero-order valence-electron chi connectivity index (χ0n) is 17.8. The molecule has 0 spiro atoms. The maximum Gasteiger partial charge on any atom is 0.226 e. The van der Waals surface area contributed by atoms with Gasteiger partial charge in [0.15, 0.2) is 9.84 Å². The molecule has 1 aromatic carbocycles.